The van der Waals surface area contributed by atoms with E-state index in [1.165, 1.54) is 35.6 Å². The van der Waals surface area contributed by atoms with Crippen molar-refractivity contribution < 1.29 is 14.0 Å². The number of aryl methyl sites for hydroxylation is 1. The number of nitrogens with one attached hydrogen (secondary N) is 1. The van der Waals surface area contributed by atoms with Gasteiger partial charge in [-0.1, -0.05) is 36.0 Å². The van der Waals surface area contributed by atoms with E-state index in [1.54, 1.807) is 6.92 Å². The van der Waals surface area contributed by atoms with Gasteiger partial charge in [0.05, 0.1) is 23.3 Å². The molecular formula is C27H22FN3O2S2. The van der Waals surface area contributed by atoms with E-state index in [2.05, 4.69) is 16.4 Å². The molecule has 1 aliphatic heterocycles. The second kappa shape index (κ2) is 10.8. The molecule has 2 atom stereocenters. The predicted octanol–water partition coefficient (Wildman–Crippen LogP) is 6.36. The second-order valence-corrected chi connectivity index (χ2v) is 10.0. The van der Waals surface area contributed by atoms with Gasteiger partial charge >= 0.3 is 0 Å². The zero-order valence-electron chi connectivity index (χ0n) is 19.1. The van der Waals surface area contributed by atoms with Gasteiger partial charge in [0.2, 0.25) is 5.91 Å². The highest BCUT2D eigenvalue weighted by atomic mass is 32.2. The van der Waals surface area contributed by atoms with Crippen LogP contribution in [0.25, 0.3) is 0 Å². The summed E-state index contributed by atoms with van der Waals surface area (Å²) >= 11 is 2.64. The Balaban J connectivity index is 1.64. The number of nitrogens with zero attached hydrogens (tertiary/aromatic N) is 2. The van der Waals surface area contributed by atoms with Gasteiger partial charge in [0.25, 0.3) is 0 Å². The number of aliphatic imine (C=N–C) groups is 1. The van der Waals surface area contributed by atoms with Gasteiger partial charge in [-0.2, -0.15) is 5.26 Å². The minimum Gasteiger partial charge on any atom is -0.325 e. The average Bonchev–Trinajstić information content (AvgIpc) is 3.38. The lowest BCUT2D eigenvalue weighted by Gasteiger charge is -2.30. The molecule has 2 aromatic carbocycles. The third-order valence-electron chi connectivity index (χ3n) is 5.76. The zero-order chi connectivity index (χ0) is 24.9. The van der Waals surface area contributed by atoms with Gasteiger partial charge in [-0.3, -0.25) is 9.59 Å². The van der Waals surface area contributed by atoms with E-state index >= 15 is 0 Å². The largest absolute Gasteiger partial charge is 0.325 e. The number of anilines is 1. The first kappa shape index (κ1) is 24.6. The van der Waals surface area contributed by atoms with Gasteiger partial charge in [0.15, 0.2) is 5.78 Å². The lowest BCUT2D eigenvalue weighted by Crippen LogP contribution is -2.36. The third kappa shape index (κ3) is 5.42. The third-order valence-corrected chi connectivity index (χ3v) is 7.71. The van der Waals surface area contributed by atoms with Crippen LogP contribution in [-0.4, -0.2) is 23.2 Å². The number of Topliss-reactive ketones (excluding diaryl/α,β-unsaturated/α-hetero) is 1. The fourth-order valence-corrected chi connectivity index (χ4v) is 5.79. The summed E-state index contributed by atoms with van der Waals surface area (Å²) in [6, 6.07) is 18.9. The molecule has 0 fully saturated rings. The molecule has 0 saturated carbocycles. The number of thioether (sulfide) groups is 1. The summed E-state index contributed by atoms with van der Waals surface area (Å²) in [6.07, 6.45) is 0. The Labute approximate surface area is 211 Å². The molecule has 35 heavy (non-hydrogen) atoms. The van der Waals surface area contributed by atoms with E-state index < -0.39 is 17.7 Å². The van der Waals surface area contributed by atoms with Gasteiger partial charge in [0.1, 0.15) is 10.8 Å². The maximum atomic E-state index is 13.5. The van der Waals surface area contributed by atoms with E-state index in [0.717, 1.165) is 22.2 Å². The molecule has 1 unspecified atom stereocenters. The van der Waals surface area contributed by atoms with Crippen LogP contribution in [0.15, 0.2) is 81.6 Å². The van der Waals surface area contributed by atoms with Crippen LogP contribution in [0.2, 0.25) is 0 Å². The van der Waals surface area contributed by atoms with Crippen molar-refractivity contribution in [3.05, 3.63) is 98.5 Å². The topological polar surface area (TPSA) is 82.3 Å². The molecule has 4 rings (SSSR count). The molecule has 0 bridgehead atoms. The predicted molar refractivity (Wildman–Crippen MR) is 139 cm³/mol. The normalized spacial score (nSPS) is 17.5. The number of nitriles is 1. The Hall–Kier alpha value is -3.54. The number of halogens is 1. The molecule has 0 radical (unpaired) electrons. The zero-order valence-corrected chi connectivity index (χ0v) is 20.8. The molecule has 1 N–H and O–H groups in total. The number of thiophene rings is 1. The SMILES string of the molecule is CC1=NC(SCC(=O)c2ccc(F)cc2)=C(C#N)[C@H](c2cccs2)C1C(=O)Nc1ccccc1C. The molecule has 1 aromatic heterocycles. The summed E-state index contributed by atoms with van der Waals surface area (Å²) in [5.41, 5.74) is 2.97. The maximum Gasteiger partial charge on any atom is 0.234 e. The van der Waals surface area contributed by atoms with Gasteiger partial charge in [-0.15, -0.1) is 11.3 Å². The van der Waals surface area contributed by atoms with Gasteiger partial charge < -0.3 is 5.32 Å². The first-order valence-corrected chi connectivity index (χ1v) is 12.8. The Bertz CT molecular complexity index is 1360. The summed E-state index contributed by atoms with van der Waals surface area (Å²) in [7, 11) is 0. The first-order valence-electron chi connectivity index (χ1n) is 10.9. The van der Waals surface area contributed by atoms with Crippen molar-refractivity contribution in [3.63, 3.8) is 0 Å². The number of hydrogen-bond donors (Lipinski definition) is 1. The Morgan fingerprint density at radius 1 is 1.11 bits per heavy atom. The summed E-state index contributed by atoms with van der Waals surface area (Å²) in [5, 5.41) is 15.5. The summed E-state index contributed by atoms with van der Waals surface area (Å²) in [6.45, 7) is 3.70. The number of carbonyl (C=O) groups is 2. The number of benzene rings is 2. The lowest BCUT2D eigenvalue weighted by molar-refractivity contribution is -0.118. The van der Waals surface area contributed by atoms with E-state index in [0.29, 0.717) is 27.6 Å². The highest BCUT2D eigenvalue weighted by molar-refractivity contribution is 8.03. The Morgan fingerprint density at radius 3 is 2.51 bits per heavy atom. The Morgan fingerprint density at radius 2 is 1.86 bits per heavy atom. The van der Waals surface area contributed by atoms with Crippen molar-refractivity contribution >= 4 is 46.2 Å². The van der Waals surface area contributed by atoms with Crippen molar-refractivity contribution in [3.8, 4) is 6.07 Å². The van der Waals surface area contributed by atoms with Crippen LogP contribution < -0.4 is 5.32 Å². The lowest BCUT2D eigenvalue weighted by atomic mass is 9.80. The van der Waals surface area contributed by atoms with Crippen LogP contribution in [0.3, 0.4) is 0 Å². The van der Waals surface area contributed by atoms with E-state index in [4.69, 9.17) is 0 Å². The van der Waals surface area contributed by atoms with E-state index in [1.807, 2.05) is 48.7 Å². The summed E-state index contributed by atoms with van der Waals surface area (Å²) in [4.78, 5) is 31.6. The summed E-state index contributed by atoms with van der Waals surface area (Å²) < 4.78 is 13.2. The van der Waals surface area contributed by atoms with Crippen LogP contribution in [0, 0.1) is 30.0 Å². The fraction of sp³-hybridized carbons (Fsp3) is 0.185. The number of ketones is 1. The van der Waals surface area contributed by atoms with Gasteiger partial charge in [-0.05, 0) is 61.2 Å². The molecule has 0 spiro atoms. The molecule has 2 heterocycles. The van der Waals surface area contributed by atoms with Crippen molar-refractivity contribution in [1.82, 2.24) is 0 Å². The quantitative estimate of drug-likeness (QED) is 0.380. The molecule has 176 valence electrons. The molecule has 1 aliphatic rings. The Kier molecular flexibility index (Phi) is 7.59. The number of amides is 1. The molecule has 0 aliphatic carbocycles. The minimum atomic E-state index is -0.667. The summed E-state index contributed by atoms with van der Waals surface area (Å²) in [5.74, 6) is -1.98. The van der Waals surface area contributed by atoms with Crippen LogP contribution in [-0.2, 0) is 4.79 Å². The second-order valence-electron chi connectivity index (χ2n) is 8.08. The average molecular weight is 504 g/mol. The van der Waals surface area contributed by atoms with Gasteiger partial charge in [-0.25, -0.2) is 9.38 Å². The van der Waals surface area contributed by atoms with Crippen molar-refractivity contribution in [2.24, 2.45) is 10.9 Å². The molecular weight excluding hydrogens is 481 g/mol. The number of rotatable bonds is 7. The highest BCUT2D eigenvalue weighted by Crippen LogP contribution is 2.43. The molecule has 3 aromatic rings. The van der Waals surface area contributed by atoms with Gasteiger partial charge in [0, 0.05) is 27.8 Å². The standard InChI is InChI=1S/C27H22FN3O2S2/c1-16-6-3-4-7-21(16)31-26(33)24-17(2)30-27(20(14-29)25(24)23-8-5-13-34-23)35-15-22(32)18-9-11-19(28)12-10-18/h3-13,24-25H,15H2,1-2H3,(H,31,33)/t24?,25-/m1/s1. The van der Waals surface area contributed by atoms with Crippen LogP contribution in [0.5, 0.6) is 0 Å². The van der Waals surface area contributed by atoms with Crippen molar-refractivity contribution in [1.29, 1.82) is 5.26 Å². The van der Waals surface area contributed by atoms with Crippen LogP contribution in [0.1, 0.15) is 33.6 Å². The van der Waals surface area contributed by atoms with Crippen molar-refractivity contribution in [2.75, 3.05) is 11.1 Å². The van der Waals surface area contributed by atoms with E-state index in [-0.39, 0.29) is 17.4 Å². The smallest absolute Gasteiger partial charge is 0.234 e. The molecule has 5 nitrogen and oxygen atoms in total. The fourth-order valence-electron chi connectivity index (χ4n) is 3.95. The number of allylic oxidation sites excluding steroid dienone is 1. The molecule has 0 saturated heterocycles. The minimum absolute atomic E-state index is 0.0418. The first-order chi connectivity index (χ1) is 16.9. The number of carbonyl (C=O) groups excluding carboxylic acids is 2. The number of para-hydroxylation sites is 1. The van der Waals surface area contributed by atoms with Crippen molar-refractivity contribution in [2.45, 2.75) is 19.8 Å². The highest BCUT2D eigenvalue weighted by Gasteiger charge is 2.40. The molecule has 1 amide bonds. The van der Waals surface area contributed by atoms with Crippen LogP contribution >= 0.6 is 23.1 Å². The van der Waals surface area contributed by atoms with Crippen LogP contribution in [0.4, 0.5) is 10.1 Å². The number of hydrogen-bond acceptors (Lipinski definition) is 6. The maximum absolute atomic E-state index is 13.5. The molecule has 8 heteroatoms. The van der Waals surface area contributed by atoms with E-state index in [9.17, 15) is 19.2 Å². The monoisotopic (exact) mass is 503 g/mol.